The summed E-state index contributed by atoms with van der Waals surface area (Å²) in [6.45, 7) is 0. The minimum atomic E-state index is -0.544. The van der Waals surface area contributed by atoms with E-state index in [1.165, 1.54) is 13.2 Å². The maximum Gasteiger partial charge on any atom is 0.330 e. The SMILES string of the molecule is COC(=O)/C=C/c1cccc(NC(=O)C2(Cc3ccc(-c4ccc(N(C)C)cc4)c(C#N)c3)CCCCC2)c1. The number of hydrogen-bond donors (Lipinski definition) is 1. The van der Waals surface area contributed by atoms with E-state index in [-0.39, 0.29) is 5.91 Å². The van der Waals surface area contributed by atoms with Crippen molar-refractivity contribution in [2.24, 2.45) is 5.41 Å². The van der Waals surface area contributed by atoms with E-state index in [1.807, 2.05) is 79.7 Å². The zero-order chi connectivity index (χ0) is 27.8. The first-order valence-corrected chi connectivity index (χ1v) is 13.3. The van der Waals surface area contributed by atoms with Crippen molar-refractivity contribution in [3.63, 3.8) is 0 Å². The summed E-state index contributed by atoms with van der Waals surface area (Å²) in [5, 5.41) is 13.1. The minimum absolute atomic E-state index is 0.00171. The Morgan fingerprint density at radius 1 is 1.03 bits per heavy atom. The largest absolute Gasteiger partial charge is 0.466 e. The third kappa shape index (κ3) is 6.74. The van der Waals surface area contributed by atoms with Crippen molar-refractivity contribution in [1.82, 2.24) is 0 Å². The fraction of sp³-hybridized carbons (Fsp3) is 0.303. The number of amides is 1. The van der Waals surface area contributed by atoms with Crippen LogP contribution in [0, 0.1) is 16.7 Å². The molecule has 1 fully saturated rings. The van der Waals surface area contributed by atoms with Gasteiger partial charge in [0.05, 0.1) is 24.2 Å². The molecule has 0 radical (unpaired) electrons. The Kier molecular flexibility index (Phi) is 8.83. The van der Waals surface area contributed by atoms with E-state index in [9.17, 15) is 14.9 Å². The molecule has 6 nitrogen and oxygen atoms in total. The zero-order valence-corrected chi connectivity index (χ0v) is 22.9. The molecule has 200 valence electrons. The summed E-state index contributed by atoms with van der Waals surface area (Å²) in [7, 11) is 5.34. The number of nitrogens with one attached hydrogen (secondary N) is 1. The van der Waals surface area contributed by atoms with Crippen molar-refractivity contribution in [3.05, 3.63) is 89.5 Å². The molecule has 1 aliphatic rings. The third-order valence-electron chi connectivity index (χ3n) is 7.49. The normalized spacial score (nSPS) is 14.4. The highest BCUT2D eigenvalue weighted by atomic mass is 16.5. The third-order valence-corrected chi connectivity index (χ3v) is 7.49. The van der Waals surface area contributed by atoms with E-state index in [4.69, 9.17) is 0 Å². The van der Waals surface area contributed by atoms with E-state index in [1.54, 1.807) is 6.08 Å². The summed E-state index contributed by atoms with van der Waals surface area (Å²) in [4.78, 5) is 27.3. The van der Waals surface area contributed by atoms with Crippen LogP contribution in [0.15, 0.2) is 72.8 Å². The lowest BCUT2D eigenvalue weighted by atomic mass is 9.69. The molecule has 39 heavy (non-hydrogen) atoms. The van der Waals surface area contributed by atoms with Crippen LogP contribution in [0.2, 0.25) is 0 Å². The second-order valence-electron chi connectivity index (χ2n) is 10.4. The highest BCUT2D eigenvalue weighted by Gasteiger charge is 2.39. The lowest BCUT2D eigenvalue weighted by molar-refractivity contribution is -0.134. The predicted molar refractivity (Wildman–Crippen MR) is 156 cm³/mol. The van der Waals surface area contributed by atoms with Gasteiger partial charge in [-0.05, 0) is 77.9 Å². The maximum absolute atomic E-state index is 13.8. The quantitative estimate of drug-likeness (QED) is 0.266. The van der Waals surface area contributed by atoms with Crippen molar-refractivity contribution in [1.29, 1.82) is 5.26 Å². The number of carbonyl (C=O) groups excluding carboxylic acids is 2. The Bertz CT molecular complexity index is 1390. The molecule has 1 amide bonds. The van der Waals surface area contributed by atoms with Crippen molar-refractivity contribution in [2.45, 2.75) is 38.5 Å². The Balaban J connectivity index is 1.56. The fourth-order valence-corrected chi connectivity index (χ4v) is 5.30. The van der Waals surface area contributed by atoms with E-state index in [2.05, 4.69) is 22.2 Å². The molecule has 1 aliphatic carbocycles. The number of nitriles is 1. The van der Waals surface area contributed by atoms with Crippen LogP contribution in [-0.2, 0) is 20.7 Å². The molecule has 0 bridgehead atoms. The van der Waals surface area contributed by atoms with Crippen LogP contribution in [0.1, 0.15) is 48.8 Å². The van der Waals surface area contributed by atoms with Gasteiger partial charge in [-0.1, -0.05) is 55.7 Å². The number of rotatable bonds is 8. The van der Waals surface area contributed by atoms with Gasteiger partial charge >= 0.3 is 5.97 Å². The number of nitrogens with zero attached hydrogens (tertiary/aromatic N) is 2. The summed E-state index contributed by atoms with van der Waals surface area (Å²) in [6, 6.07) is 24.0. The average molecular weight is 522 g/mol. The number of benzene rings is 3. The molecule has 0 spiro atoms. The van der Waals surface area contributed by atoms with E-state index in [0.717, 1.165) is 60.0 Å². The Labute approximate surface area is 230 Å². The summed E-state index contributed by atoms with van der Waals surface area (Å²) in [5.74, 6) is -0.433. The predicted octanol–water partition coefficient (Wildman–Crippen LogP) is 6.61. The number of carbonyl (C=O) groups is 2. The molecule has 0 atom stereocenters. The summed E-state index contributed by atoms with van der Waals surface area (Å²) >= 11 is 0. The molecular formula is C33H35N3O3. The molecule has 6 heteroatoms. The van der Waals surface area contributed by atoms with Crippen molar-refractivity contribution >= 4 is 29.3 Å². The zero-order valence-electron chi connectivity index (χ0n) is 22.9. The Morgan fingerprint density at radius 2 is 1.77 bits per heavy atom. The fourth-order valence-electron chi connectivity index (χ4n) is 5.30. The van der Waals surface area contributed by atoms with Crippen LogP contribution < -0.4 is 10.2 Å². The highest BCUT2D eigenvalue weighted by Crippen LogP contribution is 2.41. The average Bonchev–Trinajstić information content (AvgIpc) is 2.96. The van der Waals surface area contributed by atoms with Gasteiger partial charge in [-0.25, -0.2) is 4.79 Å². The number of esters is 1. The molecular weight excluding hydrogens is 486 g/mol. The number of ether oxygens (including phenoxy) is 1. The van der Waals surface area contributed by atoms with Crippen molar-refractivity contribution < 1.29 is 14.3 Å². The number of hydrogen-bond acceptors (Lipinski definition) is 5. The first-order valence-electron chi connectivity index (χ1n) is 13.3. The first-order chi connectivity index (χ1) is 18.8. The smallest absolute Gasteiger partial charge is 0.330 e. The minimum Gasteiger partial charge on any atom is -0.466 e. The standard InChI is InChI=1S/C33H35N3O3/c1-36(2)29-14-12-26(13-15-29)30-16-10-25(20-27(30)23-34)22-33(18-5-4-6-19-33)32(38)35-28-9-7-8-24(21-28)11-17-31(37)39-3/h7-17,20-21H,4-6,18-19,22H2,1-3H3,(H,35,38)/b17-11+. The Hall–Kier alpha value is -4.37. The van der Waals surface area contributed by atoms with Gasteiger partial charge in [0.2, 0.25) is 5.91 Å². The summed E-state index contributed by atoms with van der Waals surface area (Å²) in [5.41, 5.74) is 5.53. The maximum atomic E-state index is 13.8. The summed E-state index contributed by atoms with van der Waals surface area (Å²) < 4.78 is 4.66. The molecule has 0 saturated heterocycles. The van der Waals surface area contributed by atoms with Gasteiger partial charge in [0.15, 0.2) is 0 Å². The van der Waals surface area contributed by atoms with E-state index >= 15 is 0 Å². The molecule has 0 heterocycles. The summed E-state index contributed by atoms with van der Waals surface area (Å²) in [6.07, 6.45) is 8.32. The second-order valence-corrected chi connectivity index (χ2v) is 10.4. The van der Waals surface area contributed by atoms with Crippen LogP contribution in [-0.4, -0.2) is 33.1 Å². The van der Waals surface area contributed by atoms with Crippen LogP contribution >= 0.6 is 0 Å². The molecule has 1 saturated carbocycles. The van der Waals surface area contributed by atoms with E-state index < -0.39 is 11.4 Å². The van der Waals surface area contributed by atoms with Gasteiger partial charge in [0.1, 0.15) is 0 Å². The number of methoxy groups -OCH3 is 1. The lowest BCUT2D eigenvalue weighted by Crippen LogP contribution is -2.40. The monoisotopic (exact) mass is 521 g/mol. The van der Waals surface area contributed by atoms with Gasteiger partial charge in [0, 0.05) is 31.5 Å². The van der Waals surface area contributed by atoms with Crippen LogP contribution in [0.5, 0.6) is 0 Å². The molecule has 3 aromatic carbocycles. The molecule has 0 unspecified atom stereocenters. The molecule has 4 rings (SSSR count). The van der Waals surface area contributed by atoms with Gasteiger partial charge in [0.25, 0.3) is 0 Å². The lowest BCUT2D eigenvalue weighted by Gasteiger charge is -2.36. The molecule has 3 aromatic rings. The molecule has 1 N–H and O–H groups in total. The van der Waals surface area contributed by atoms with Gasteiger partial charge in [-0.15, -0.1) is 0 Å². The van der Waals surface area contributed by atoms with Crippen molar-refractivity contribution in [2.75, 3.05) is 31.4 Å². The van der Waals surface area contributed by atoms with Gasteiger partial charge in [-0.3, -0.25) is 4.79 Å². The van der Waals surface area contributed by atoms with Gasteiger partial charge < -0.3 is 15.0 Å². The van der Waals surface area contributed by atoms with Crippen LogP contribution in [0.3, 0.4) is 0 Å². The first kappa shape index (κ1) is 27.7. The number of anilines is 2. The van der Waals surface area contributed by atoms with Crippen LogP contribution in [0.4, 0.5) is 11.4 Å². The molecule has 0 aromatic heterocycles. The van der Waals surface area contributed by atoms with E-state index in [0.29, 0.717) is 17.7 Å². The van der Waals surface area contributed by atoms with Crippen LogP contribution in [0.25, 0.3) is 17.2 Å². The Morgan fingerprint density at radius 3 is 2.44 bits per heavy atom. The highest BCUT2D eigenvalue weighted by molar-refractivity contribution is 5.96. The topological polar surface area (TPSA) is 82.4 Å². The van der Waals surface area contributed by atoms with Gasteiger partial charge in [-0.2, -0.15) is 5.26 Å². The second kappa shape index (κ2) is 12.4. The van der Waals surface area contributed by atoms with Crippen molar-refractivity contribution in [3.8, 4) is 17.2 Å². The molecule has 0 aliphatic heterocycles.